The second-order valence-corrected chi connectivity index (χ2v) is 4.86. The zero-order valence-electron chi connectivity index (χ0n) is 9.99. The van der Waals surface area contributed by atoms with Crippen molar-refractivity contribution in [2.24, 2.45) is 0 Å². The summed E-state index contributed by atoms with van der Waals surface area (Å²) in [5.74, 6) is 0.517. The van der Waals surface area contributed by atoms with Crippen molar-refractivity contribution in [1.29, 1.82) is 0 Å². The highest BCUT2D eigenvalue weighted by Crippen LogP contribution is 2.16. The van der Waals surface area contributed by atoms with Crippen LogP contribution in [0.3, 0.4) is 0 Å². The summed E-state index contributed by atoms with van der Waals surface area (Å²) in [5.41, 5.74) is 2.30. The Balaban J connectivity index is 1.95. The average molecular weight is 222 g/mol. The van der Waals surface area contributed by atoms with Crippen LogP contribution in [0, 0.1) is 0 Å². The molecule has 2 heterocycles. The molecule has 0 radical (unpaired) electrons. The Hall–Kier alpha value is -0.960. The molecule has 1 saturated heterocycles. The molecule has 0 aromatic carbocycles. The molecule has 1 aliphatic heterocycles. The first-order valence-corrected chi connectivity index (χ1v) is 5.96. The first-order chi connectivity index (χ1) is 7.65. The molecule has 1 aliphatic rings. The Morgan fingerprint density at radius 3 is 2.81 bits per heavy atom. The van der Waals surface area contributed by atoms with Crippen LogP contribution in [0.4, 0.5) is 4.39 Å². The molecular weight excluding hydrogens is 203 g/mol. The second-order valence-electron chi connectivity index (χ2n) is 4.86. The summed E-state index contributed by atoms with van der Waals surface area (Å²) in [4.78, 5) is 6.55. The Morgan fingerprint density at radius 2 is 2.31 bits per heavy atom. The number of nitrogens with zero attached hydrogens (tertiary/aromatic N) is 2. The summed E-state index contributed by atoms with van der Waals surface area (Å²) in [5, 5.41) is 0. The standard InChI is InChI=1S/C13H19FN2/c1-10(2)11-3-4-13(15-7-11)9-16-6-5-12(14)8-16/h3-4,7,10,12H,5-6,8-9H2,1-2H3/t12-/m0/s1. The molecule has 0 aliphatic carbocycles. The minimum atomic E-state index is -0.644. The van der Waals surface area contributed by atoms with E-state index in [1.807, 2.05) is 6.20 Å². The van der Waals surface area contributed by atoms with E-state index in [0.717, 1.165) is 18.8 Å². The van der Waals surface area contributed by atoms with Gasteiger partial charge >= 0.3 is 0 Å². The van der Waals surface area contributed by atoms with Crippen molar-refractivity contribution in [3.63, 3.8) is 0 Å². The number of likely N-dealkylation sites (tertiary alicyclic amines) is 1. The van der Waals surface area contributed by atoms with Crippen LogP contribution < -0.4 is 0 Å². The van der Waals surface area contributed by atoms with Crippen LogP contribution in [0.5, 0.6) is 0 Å². The van der Waals surface area contributed by atoms with Crippen LogP contribution in [0.15, 0.2) is 18.3 Å². The summed E-state index contributed by atoms with van der Waals surface area (Å²) in [6.45, 7) is 6.51. The smallest absolute Gasteiger partial charge is 0.114 e. The molecule has 2 rings (SSSR count). The molecule has 0 unspecified atom stereocenters. The van der Waals surface area contributed by atoms with Gasteiger partial charge in [0, 0.05) is 25.8 Å². The van der Waals surface area contributed by atoms with E-state index in [9.17, 15) is 4.39 Å². The average Bonchev–Trinajstić information content (AvgIpc) is 2.65. The molecule has 88 valence electrons. The highest BCUT2D eigenvalue weighted by molar-refractivity contribution is 5.17. The van der Waals surface area contributed by atoms with E-state index in [4.69, 9.17) is 0 Å². The molecule has 0 N–H and O–H groups in total. The number of rotatable bonds is 3. The lowest BCUT2D eigenvalue weighted by molar-refractivity contribution is 0.280. The number of hydrogen-bond donors (Lipinski definition) is 0. The topological polar surface area (TPSA) is 16.1 Å². The minimum Gasteiger partial charge on any atom is -0.295 e. The van der Waals surface area contributed by atoms with Gasteiger partial charge in [-0.1, -0.05) is 19.9 Å². The zero-order valence-corrected chi connectivity index (χ0v) is 9.99. The molecule has 3 heteroatoms. The lowest BCUT2D eigenvalue weighted by Gasteiger charge is -2.14. The minimum absolute atomic E-state index is 0.517. The first-order valence-electron chi connectivity index (χ1n) is 5.96. The van der Waals surface area contributed by atoms with Gasteiger partial charge in [-0.15, -0.1) is 0 Å². The lowest BCUT2D eigenvalue weighted by atomic mass is 10.1. The molecule has 0 amide bonds. The van der Waals surface area contributed by atoms with Gasteiger partial charge in [-0.2, -0.15) is 0 Å². The normalized spacial score (nSPS) is 21.9. The van der Waals surface area contributed by atoms with Crippen LogP contribution in [-0.4, -0.2) is 29.1 Å². The summed E-state index contributed by atoms with van der Waals surface area (Å²) < 4.78 is 13.0. The van der Waals surface area contributed by atoms with Crippen LogP contribution >= 0.6 is 0 Å². The molecule has 0 saturated carbocycles. The maximum absolute atomic E-state index is 13.0. The van der Waals surface area contributed by atoms with Gasteiger partial charge in [0.15, 0.2) is 0 Å². The van der Waals surface area contributed by atoms with Crippen LogP contribution in [0.2, 0.25) is 0 Å². The van der Waals surface area contributed by atoms with Crippen LogP contribution in [0.1, 0.15) is 37.4 Å². The van der Waals surface area contributed by atoms with Crippen molar-refractivity contribution in [2.75, 3.05) is 13.1 Å². The highest BCUT2D eigenvalue weighted by Gasteiger charge is 2.21. The van der Waals surface area contributed by atoms with E-state index < -0.39 is 6.17 Å². The zero-order chi connectivity index (χ0) is 11.5. The molecule has 1 fully saturated rings. The Kier molecular flexibility index (Phi) is 3.54. The predicted molar refractivity (Wildman–Crippen MR) is 63.1 cm³/mol. The fourth-order valence-electron chi connectivity index (χ4n) is 2.03. The van der Waals surface area contributed by atoms with Crippen molar-refractivity contribution in [3.8, 4) is 0 Å². The van der Waals surface area contributed by atoms with E-state index in [0.29, 0.717) is 18.9 Å². The van der Waals surface area contributed by atoms with Crippen LogP contribution in [0.25, 0.3) is 0 Å². The summed E-state index contributed by atoms with van der Waals surface area (Å²) in [7, 11) is 0. The van der Waals surface area contributed by atoms with E-state index in [-0.39, 0.29) is 0 Å². The Labute approximate surface area is 96.5 Å². The number of hydrogen-bond acceptors (Lipinski definition) is 2. The SMILES string of the molecule is CC(C)c1ccc(CN2CC[C@H](F)C2)nc1. The Bertz CT molecular complexity index is 334. The lowest BCUT2D eigenvalue weighted by Crippen LogP contribution is -2.21. The monoisotopic (exact) mass is 222 g/mol. The summed E-state index contributed by atoms with van der Waals surface area (Å²) >= 11 is 0. The third kappa shape index (κ3) is 2.79. The molecular formula is C13H19FN2. The van der Waals surface area contributed by atoms with Gasteiger partial charge in [-0.3, -0.25) is 9.88 Å². The number of alkyl halides is 1. The van der Waals surface area contributed by atoms with Crippen molar-refractivity contribution in [2.45, 2.75) is 38.9 Å². The second kappa shape index (κ2) is 4.91. The van der Waals surface area contributed by atoms with Gasteiger partial charge in [-0.25, -0.2) is 4.39 Å². The Morgan fingerprint density at radius 1 is 1.50 bits per heavy atom. The van der Waals surface area contributed by atoms with Crippen molar-refractivity contribution < 1.29 is 4.39 Å². The van der Waals surface area contributed by atoms with Gasteiger partial charge in [0.05, 0.1) is 5.69 Å². The fraction of sp³-hybridized carbons (Fsp3) is 0.615. The van der Waals surface area contributed by atoms with Gasteiger partial charge in [0.2, 0.25) is 0 Å². The highest BCUT2D eigenvalue weighted by atomic mass is 19.1. The quantitative estimate of drug-likeness (QED) is 0.781. The van der Waals surface area contributed by atoms with Crippen molar-refractivity contribution >= 4 is 0 Å². The molecule has 16 heavy (non-hydrogen) atoms. The summed E-state index contributed by atoms with van der Waals surface area (Å²) in [6, 6.07) is 4.18. The van der Waals surface area contributed by atoms with Crippen molar-refractivity contribution in [1.82, 2.24) is 9.88 Å². The number of pyridine rings is 1. The van der Waals surface area contributed by atoms with Gasteiger partial charge < -0.3 is 0 Å². The maximum atomic E-state index is 13.0. The van der Waals surface area contributed by atoms with Gasteiger partial charge in [0.1, 0.15) is 6.17 Å². The largest absolute Gasteiger partial charge is 0.295 e. The van der Waals surface area contributed by atoms with E-state index in [2.05, 4.69) is 35.9 Å². The third-order valence-corrected chi connectivity index (χ3v) is 3.11. The molecule has 0 bridgehead atoms. The maximum Gasteiger partial charge on any atom is 0.114 e. The van der Waals surface area contributed by atoms with Gasteiger partial charge in [0.25, 0.3) is 0 Å². The van der Waals surface area contributed by atoms with E-state index in [1.165, 1.54) is 5.56 Å². The third-order valence-electron chi connectivity index (χ3n) is 3.11. The molecule has 1 aromatic heterocycles. The first kappa shape index (κ1) is 11.5. The molecule has 2 nitrogen and oxygen atoms in total. The predicted octanol–water partition coefficient (Wildman–Crippen LogP) is 2.75. The summed E-state index contributed by atoms with van der Waals surface area (Å²) in [6.07, 6.45) is 1.96. The number of aromatic nitrogens is 1. The van der Waals surface area contributed by atoms with E-state index >= 15 is 0 Å². The van der Waals surface area contributed by atoms with E-state index in [1.54, 1.807) is 0 Å². The van der Waals surface area contributed by atoms with Crippen LogP contribution in [-0.2, 0) is 6.54 Å². The van der Waals surface area contributed by atoms with Gasteiger partial charge in [-0.05, 0) is 24.0 Å². The molecule has 1 atom stereocenters. The number of halogens is 1. The van der Waals surface area contributed by atoms with Crippen molar-refractivity contribution in [3.05, 3.63) is 29.6 Å². The molecule has 1 aromatic rings. The molecule has 0 spiro atoms. The fourth-order valence-corrected chi connectivity index (χ4v) is 2.03.